The zero-order valence-electron chi connectivity index (χ0n) is 16.4. The van der Waals surface area contributed by atoms with Crippen molar-refractivity contribution in [2.45, 2.75) is 18.5 Å². The molecule has 0 spiro atoms. The van der Waals surface area contributed by atoms with E-state index in [4.69, 9.17) is 27.9 Å². The van der Waals surface area contributed by atoms with Gasteiger partial charge in [0.15, 0.2) is 11.5 Å². The normalized spacial score (nSPS) is 15.3. The molecule has 0 radical (unpaired) electrons. The topological polar surface area (TPSA) is 79.0 Å². The summed E-state index contributed by atoms with van der Waals surface area (Å²) in [6.07, 6.45) is -0.726. The fraction of sp³-hybridized carbons (Fsp3) is 0.421. The average molecular weight is 475 g/mol. The maximum Gasteiger partial charge on any atom is 0.401 e. The predicted octanol–water partition coefficient (Wildman–Crippen LogP) is 4.28. The van der Waals surface area contributed by atoms with Crippen molar-refractivity contribution in [3.8, 4) is 5.75 Å². The van der Waals surface area contributed by atoms with Crippen LogP contribution in [-0.4, -0.2) is 64.3 Å². The van der Waals surface area contributed by atoms with Crippen LogP contribution >= 0.6 is 23.2 Å². The van der Waals surface area contributed by atoms with E-state index in [-0.39, 0.29) is 19.0 Å². The number of aromatic nitrogens is 4. The van der Waals surface area contributed by atoms with E-state index in [9.17, 15) is 13.2 Å². The molecule has 0 aliphatic carbocycles. The Bertz CT molecular complexity index is 1080. The summed E-state index contributed by atoms with van der Waals surface area (Å²) in [4.78, 5) is 16.8. The molecule has 3 aromatic rings. The molecule has 1 fully saturated rings. The molecule has 4 rings (SSSR count). The third-order valence-electron chi connectivity index (χ3n) is 5.16. The summed E-state index contributed by atoms with van der Waals surface area (Å²) < 4.78 is 43.5. The number of aromatic amines is 1. The van der Waals surface area contributed by atoms with Gasteiger partial charge in [0, 0.05) is 31.1 Å². The van der Waals surface area contributed by atoms with Crippen molar-refractivity contribution in [3.05, 3.63) is 39.9 Å². The third-order valence-corrected chi connectivity index (χ3v) is 5.96. The monoisotopic (exact) mass is 474 g/mol. The van der Waals surface area contributed by atoms with Gasteiger partial charge in [-0.1, -0.05) is 23.2 Å². The first-order valence-electron chi connectivity index (χ1n) is 9.48. The zero-order chi connectivity index (χ0) is 22.2. The predicted molar refractivity (Wildman–Crippen MR) is 112 cm³/mol. The van der Waals surface area contributed by atoms with Gasteiger partial charge in [0.1, 0.15) is 17.6 Å². The molecule has 1 saturated heterocycles. The van der Waals surface area contributed by atoms with E-state index in [0.717, 1.165) is 5.56 Å². The van der Waals surface area contributed by atoms with Crippen molar-refractivity contribution in [1.29, 1.82) is 0 Å². The molecule has 0 bridgehead atoms. The first kappa shape index (κ1) is 21.9. The van der Waals surface area contributed by atoms with Crippen LogP contribution in [0.1, 0.15) is 17.0 Å². The van der Waals surface area contributed by atoms with Gasteiger partial charge in [0.05, 0.1) is 30.0 Å². The summed E-state index contributed by atoms with van der Waals surface area (Å²) in [6, 6.07) is 1.73. The van der Waals surface area contributed by atoms with Crippen LogP contribution in [0.25, 0.3) is 11.2 Å². The van der Waals surface area contributed by atoms with E-state index < -0.39 is 12.7 Å². The number of likely N-dealkylation sites (tertiary alicyclic amines) is 1. The molecule has 2 aromatic heterocycles. The van der Waals surface area contributed by atoms with Gasteiger partial charge in [-0.05, 0) is 18.1 Å². The molecule has 0 amide bonds. The molecule has 2 N–H and O–H groups in total. The van der Waals surface area contributed by atoms with Crippen molar-refractivity contribution in [2.75, 3.05) is 38.6 Å². The number of alkyl halides is 3. The average Bonchev–Trinajstić information content (AvgIpc) is 3.16. The molecule has 31 heavy (non-hydrogen) atoms. The van der Waals surface area contributed by atoms with Gasteiger partial charge >= 0.3 is 6.18 Å². The highest BCUT2D eigenvalue weighted by Gasteiger charge is 2.39. The second kappa shape index (κ2) is 8.68. The second-order valence-corrected chi connectivity index (χ2v) is 8.07. The maximum atomic E-state index is 12.6. The molecule has 12 heteroatoms. The van der Waals surface area contributed by atoms with E-state index in [1.165, 1.54) is 18.3 Å². The SMILES string of the molecule is COc1c(CCNc2ncnc3[nH]cnc23)cc(Cl)c(Cl)c1C1CN(CC(F)(F)F)C1. The van der Waals surface area contributed by atoms with E-state index >= 15 is 0 Å². The largest absolute Gasteiger partial charge is 0.496 e. The number of methoxy groups -OCH3 is 1. The Morgan fingerprint density at radius 3 is 2.74 bits per heavy atom. The van der Waals surface area contributed by atoms with Gasteiger partial charge in [0.2, 0.25) is 0 Å². The molecule has 1 aliphatic heterocycles. The minimum Gasteiger partial charge on any atom is -0.496 e. The van der Waals surface area contributed by atoms with E-state index in [1.54, 1.807) is 12.4 Å². The minimum atomic E-state index is -4.23. The molecule has 0 saturated carbocycles. The lowest BCUT2D eigenvalue weighted by Crippen LogP contribution is -2.49. The summed E-state index contributed by atoms with van der Waals surface area (Å²) in [7, 11) is 1.52. The van der Waals surface area contributed by atoms with Crippen LogP contribution in [0.5, 0.6) is 5.75 Å². The first-order valence-corrected chi connectivity index (χ1v) is 10.2. The summed E-state index contributed by atoms with van der Waals surface area (Å²) in [5.41, 5.74) is 2.71. The summed E-state index contributed by atoms with van der Waals surface area (Å²) >= 11 is 12.8. The Balaban J connectivity index is 1.50. The molecule has 1 aliphatic rings. The van der Waals surface area contributed by atoms with E-state index in [2.05, 4.69) is 25.3 Å². The van der Waals surface area contributed by atoms with Gasteiger partial charge in [-0.2, -0.15) is 13.2 Å². The highest BCUT2D eigenvalue weighted by Crippen LogP contribution is 2.44. The van der Waals surface area contributed by atoms with Crippen molar-refractivity contribution >= 4 is 40.2 Å². The summed E-state index contributed by atoms with van der Waals surface area (Å²) in [5, 5.41) is 3.88. The fourth-order valence-electron chi connectivity index (χ4n) is 3.82. The summed E-state index contributed by atoms with van der Waals surface area (Å²) in [6.45, 7) is 0.0381. The number of ether oxygens (including phenoxy) is 1. The Morgan fingerprint density at radius 2 is 2.03 bits per heavy atom. The zero-order valence-corrected chi connectivity index (χ0v) is 17.9. The molecule has 0 atom stereocenters. The number of fused-ring (bicyclic) bond motifs is 1. The number of anilines is 1. The number of H-pyrrole nitrogens is 1. The van der Waals surface area contributed by atoms with Crippen molar-refractivity contribution in [3.63, 3.8) is 0 Å². The molecule has 1 aromatic carbocycles. The van der Waals surface area contributed by atoms with Gasteiger partial charge in [-0.25, -0.2) is 15.0 Å². The molecule has 3 heterocycles. The minimum absolute atomic E-state index is 0.180. The van der Waals surface area contributed by atoms with Crippen LogP contribution in [0.4, 0.5) is 19.0 Å². The van der Waals surface area contributed by atoms with Crippen LogP contribution in [0.3, 0.4) is 0 Å². The molecule has 0 unspecified atom stereocenters. The molecule has 166 valence electrons. The number of hydrogen-bond donors (Lipinski definition) is 2. The number of hydrogen-bond acceptors (Lipinski definition) is 6. The van der Waals surface area contributed by atoms with Crippen molar-refractivity contribution in [2.24, 2.45) is 0 Å². The number of benzene rings is 1. The smallest absolute Gasteiger partial charge is 0.401 e. The highest BCUT2D eigenvalue weighted by atomic mass is 35.5. The van der Waals surface area contributed by atoms with Crippen molar-refractivity contribution < 1.29 is 17.9 Å². The third kappa shape index (κ3) is 4.65. The van der Waals surface area contributed by atoms with E-state index in [0.29, 0.717) is 51.3 Å². The van der Waals surface area contributed by atoms with Gasteiger partial charge in [0.25, 0.3) is 0 Å². The lowest BCUT2D eigenvalue weighted by molar-refractivity contribution is -0.154. The fourth-order valence-corrected chi connectivity index (χ4v) is 4.35. The number of rotatable bonds is 7. The summed E-state index contributed by atoms with van der Waals surface area (Å²) in [5.74, 6) is 0.966. The Kier molecular flexibility index (Phi) is 6.14. The maximum absolute atomic E-state index is 12.6. The Hall–Kier alpha value is -2.30. The first-order chi connectivity index (χ1) is 14.8. The highest BCUT2D eigenvalue weighted by molar-refractivity contribution is 6.42. The quantitative estimate of drug-likeness (QED) is 0.531. The van der Waals surface area contributed by atoms with Crippen LogP contribution in [0.2, 0.25) is 10.0 Å². The Morgan fingerprint density at radius 1 is 1.26 bits per heavy atom. The van der Waals surface area contributed by atoms with Crippen molar-refractivity contribution in [1.82, 2.24) is 24.8 Å². The standard InChI is InChI=1S/C19H19Cl2F3N6O/c1-31-16-10(2-3-25-17-15-18(27-8-26-15)29-9-28-17)4-12(20)14(21)13(16)11-5-30(6-11)7-19(22,23)24/h4,8-9,11H,2-3,5-7H2,1H3,(H2,25,26,27,28,29). The molecular formula is C19H19Cl2F3N6O. The molecular weight excluding hydrogens is 456 g/mol. The van der Waals surface area contributed by atoms with Crippen LogP contribution < -0.4 is 10.1 Å². The molecule has 7 nitrogen and oxygen atoms in total. The lowest BCUT2D eigenvalue weighted by Gasteiger charge is -2.41. The lowest BCUT2D eigenvalue weighted by atomic mass is 9.88. The second-order valence-electron chi connectivity index (χ2n) is 7.28. The van der Waals surface area contributed by atoms with E-state index in [1.807, 2.05) is 0 Å². The Labute approximate surface area is 185 Å². The van der Waals surface area contributed by atoms with Crippen LogP contribution in [0.15, 0.2) is 18.7 Å². The number of halogens is 5. The van der Waals surface area contributed by atoms with Gasteiger partial charge in [-0.15, -0.1) is 0 Å². The number of nitrogens with one attached hydrogen (secondary N) is 2. The number of imidazole rings is 1. The number of nitrogens with zero attached hydrogens (tertiary/aromatic N) is 4. The van der Waals surface area contributed by atoms with Crippen LogP contribution in [0, 0.1) is 0 Å². The van der Waals surface area contributed by atoms with Gasteiger partial charge < -0.3 is 15.0 Å². The van der Waals surface area contributed by atoms with Gasteiger partial charge in [-0.3, -0.25) is 4.90 Å². The van der Waals surface area contributed by atoms with Crippen LogP contribution in [-0.2, 0) is 6.42 Å².